The van der Waals surface area contributed by atoms with E-state index in [1.165, 1.54) is 11.3 Å². The van der Waals surface area contributed by atoms with E-state index in [4.69, 9.17) is 9.47 Å². The average molecular weight is 397 g/mol. The number of amides is 1. The Morgan fingerprint density at radius 3 is 3.07 bits per heavy atom. The van der Waals surface area contributed by atoms with Crippen LogP contribution < -0.4 is 14.8 Å². The van der Waals surface area contributed by atoms with Gasteiger partial charge in [0.15, 0.2) is 17.3 Å². The summed E-state index contributed by atoms with van der Waals surface area (Å²) >= 11 is 1.36. The average Bonchev–Trinajstić information content (AvgIpc) is 3.30. The monoisotopic (exact) mass is 397 g/mol. The number of hydrogen-bond acceptors (Lipinski definition) is 7. The Morgan fingerprint density at radius 1 is 1.25 bits per heavy atom. The predicted octanol–water partition coefficient (Wildman–Crippen LogP) is 2.31. The Kier molecular flexibility index (Phi) is 4.44. The number of aromatic nitrogens is 4. The van der Waals surface area contributed by atoms with Crippen LogP contribution in [0.1, 0.15) is 28.3 Å². The summed E-state index contributed by atoms with van der Waals surface area (Å²) in [4.78, 5) is 17.5. The lowest BCUT2D eigenvalue weighted by atomic mass is 10.1. The number of hydrogen-bond donors (Lipinski definition) is 1. The van der Waals surface area contributed by atoms with Crippen molar-refractivity contribution in [2.24, 2.45) is 0 Å². The molecule has 144 valence electrons. The van der Waals surface area contributed by atoms with Gasteiger partial charge in [-0.1, -0.05) is 0 Å². The van der Waals surface area contributed by atoms with Crippen molar-refractivity contribution in [2.75, 3.05) is 13.2 Å². The first-order valence-corrected chi connectivity index (χ1v) is 10.2. The topological polar surface area (TPSA) is 91.2 Å². The van der Waals surface area contributed by atoms with E-state index in [2.05, 4.69) is 25.1 Å². The standard InChI is InChI=1S/C19H19N5O3S/c25-19(17-16-14(11-28-17)26-8-9-27-16)21-13-3-4-15-22-23-18(24(15)7-5-13)12-2-1-6-20-10-12/h1-2,6,10-11,13H,3-5,7-9H2,(H,21,25). The van der Waals surface area contributed by atoms with Crippen molar-refractivity contribution in [1.29, 1.82) is 0 Å². The van der Waals surface area contributed by atoms with Gasteiger partial charge >= 0.3 is 0 Å². The molecular weight excluding hydrogens is 378 g/mol. The maximum atomic E-state index is 12.8. The van der Waals surface area contributed by atoms with Crippen molar-refractivity contribution in [3.05, 3.63) is 40.6 Å². The van der Waals surface area contributed by atoms with Crippen molar-refractivity contribution in [3.63, 3.8) is 0 Å². The van der Waals surface area contributed by atoms with E-state index in [0.29, 0.717) is 29.6 Å². The first-order valence-electron chi connectivity index (χ1n) is 9.30. The van der Waals surface area contributed by atoms with Crippen LogP contribution in [-0.2, 0) is 13.0 Å². The van der Waals surface area contributed by atoms with Crippen LogP contribution in [0.2, 0.25) is 0 Å². The Labute approximate surface area is 165 Å². The van der Waals surface area contributed by atoms with Gasteiger partial charge in [-0.2, -0.15) is 0 Å². The van der Waals surface area contributed by atoms with Gasteiger partial charge in [-0.15, -0.1) is 21.5 Å². The molecule has 0 aliphatic carbocycles. The molecule has 28 heavy (non-hydrogen) atoms. The van der Waals surface area contributed by atoms with Crippen LogP contribution in [0, 0.1) is 0 Å². The molecule has 3 aromatic rings. The fourth-order valence-electron chi connectivity index (χ4n) is 3.61. The third kappa shape index (κ3) is 3.11. The lowest BCUT2D eigenvalue weighted by molar-refractivity contribution is 0.0928. The molecule has 0 saturated heterocycles. The van der Waals surface area contributed by atoms with Gasteiger partial charge in [0, 0.05) is 42.3 Å². The Hall–Kier alpha value is -2.94. The predicted molar refractivity (Wildman–Crippen MR) is 103 cm³/mol. The summed E-state index contributed by atoms with van der Waals surface area (Å²) in [6.07, 6.45) is 5.94. The molecule has 0 saturated carbocycles. The van der Waals surface area contributed by atoms with Crippen molar-refractivity contribution in [2.45, 2.75) is 31.8 Å². The van der Waals surface area contributed by atoms with Crippen LogP contribution in [0.4, 0.5) is 0 Å². The van der Waals surface area contributed by atoms with Gasteiger partial charge in [-0.3, -0.25) is 9.78 Å². The van der Waals surface area contributed by atoms with E-state index in [1.807, 2.05) is 17.5 Å². The Morgan fingerprint density at radius 2 is 2.18 bits per heavy atom. The number of pyridine rings is 1. The largest absolute Gasteiger partial charge is 0.485 e. The fourth-order valence-corrected chi connectivity index (χ4v) is 4.44. The zero-order chi connectivity index (χ0) is 18.9. The summed E-state index contributed by atoms with van der Waals surface area (Å²) in [5.74, 6) is 2.90. The molecule has 0 spiro atoms. The van der Waals surface area contributed by atoms with Gasteiger partial charge in [0.05, 0.1) is 0 Å². The third-order valence-corrected chi connectivity index (χ3v) is 5.95. The van der Waals surface area contributed by atoms with Gasteiger partial charge in [0.2, 0.25) is 0 Å². The molecule has 8 nitrogen and oxygen atoms in total. The third-order valence-electron chi connectivity index (χ3n) is 5.01. The van der Waals surface area contributed by atoms with Crippen LogP contribution in [0.15, 0.2) is 29.9 Å². The van der Waals surface area contributed by atoms with Crippen molar-refractivity contribution in [1.82, 2.24) is 25.1 Å². The highest BCUT2D eigenvalue weighted by Crippen LogP contribution is 2.39. The first-order chi connectivity index (χ1) is 13.8. The van der Waals surface area contributed by atoms with E-state index in [-0.39, 0.29) is 11.9 Å². The molecule has 1 atom stereocenters. The molecule has 5 rings (SSSR count). The number of aryl methyl sites for hydroxylation is 1. The van der Waals surface area contributed by atoms with E-state index in [0.717, 1.165) is 43.0 Å². The van der Waals surface area contributed by atoms with Crippen LogP contribution in [0.5, 0.6) is 11.5 Å². The molecule has 1 amide bonds. The number of fused-ring (bicyclic) bond motifs is 2. The second-order valence-electron chi connectivity index (χ2n) is 6.79. The van der Waals surface area contributed by atoms with E-state index in [9.17, 15) is 4.79 Å². The lowest BCUT2D eigenvalue weighted by Crippen LogP contribution is -2.35. The normalized spacial score (nSPS) is 18.2. The number of ether oxygens (including phenoxy) is 2. The SMILES string of the molecule is O=C(NC1CCc2nnc(-c3cccnc3)n2CC1)c1scc2c1OCCO2. The summed E-state index contributed by atoms with van der Waals surface area (Å²) in [5.41, 5.74) is 0.950. The van der Waals surface area contributed by atoms with Gasteiger partial charge in [-0.05, 0) is 25.0 Å². The van der Waals surface area contributed by atoms with E-state index < -0.39 is 0 Å². The number of nitrogens with zero attached hydrogens (tertiary/aromatic N) is 4. The number of thiophene rings is 1. The highest BCUT2D eigenvalue weighted by atomic mass is 32.1. The minimum atomic E-state index is -0.105. The molecular formula is C19H19N5O3S. The van der Waals surface area contributed by atoms with Gasteiger partial charge in [0.25, 0.3) is 5.91 Å². The molecule has 0 bridgehead atoms. The number of nitrogens with one attached hydrogen (secondary N) is 1. The first kappa shape index (κ1) is 17.2. The molecule has 2 aliphatic rings. The quantitative estimate of drug-likeness (QED) is 0.729. The summed E-state index contributed by atoms with van der Waals surface area (Å²) in [7, 11) is 0. The van der Waals surface area contributed by atoms with Crippen molar-refractivity contribution >= 4 is 17.2 Å². The molecule has 0 aromatic carbocycles. The molecule has 0 fully saturated rings. The zero-order valence-corrected chi connectivity index (χ0v) is 15.9. The van der Waals surface area contributed by atoms with Gasteiger partial charge < -0.3 is 19.4 Å². The van der Waals surface area contributed by atoms with Crippen LogP contribution >= 0.6 is 11.3 Å². The van der Waals surface area contributed by atoms with E-state index in [1.54, 1.807) is 12.4 Å². The smallest absolute Gasteiger partial charge is 0.265 e. The van der Waals surface area contributed by atoms with Crippen molar-refractivity contribution < 1.29 is 14.3 Å². The lowest BCUT2D eigenvalue weighted by Gasteiger charge is -2.18. The van der Waals surface area contributed by atoms with Crippen molar-refractivity contribution in [3.8, 4) is 22.9 Å². The van der Waals surface area contributed by atoms with Crippen LogP contribution in [0.25, 0.3) is 11.4 Å². The maximum Gasteiger partial charge on any atom is 0.265 e. The number of carbonyl (C=O) groups excluding carboxylic acids is 1. The Bertz CT molecular complexity index is 1000. The summed E-state index contributed by atoms with van der Waals surface area (Å²) in [5, 5.41) is 13.7. The minimum Gasteiger partial charge on any atom is -0.485 e. The zero-order valence-electron chi connectivity index (χ0n) is 15.1. The Balaban J connectivity index is 1.30. The highest BCUT2D eigenvalue weighted by molar-refractivity contribution is 7.12. The highest BCUT2D eigenvalue weighted by Gasteiger charge is 2.27. The molecule has 1 unspecified atom stereocenters. The summed E-state index contributed by atoms with van der Waals surface area (Å²) in [6.45, 7) is 1.74. The summed E-state index contributed by atoms with van der Waals surface area (Å²) in [6, 6.07) is 3.94. The number of carbonyl (C=O) groups is 1. The second kappa shape index (κ2) is 7.23. The number of rotatable bonds is 3. The van der Waals surface area contributed by atoms with Gasteiger partial charge in [-0.25, -0.2) is 0 Å². The summed E-state index contributed by atoms with van der Waals surface area (Å²) < 4.78 is 13.3. The molecule has 9 heteroatoms. The molecule has 5 heterocycles. The van der Waals surface area contributed by atoms with Crippen LogP contribution in [0.3, 0.4) is 0 Å². The molecule has 3 aromatic heterocycles. The minimum absolute atomic E-state index is 0.0678. The molecule has 1 N–H and O–H groups in total. The van der Waals surface area contributed by atoms with Crippen LogP contribution in [-0.4, -0.2) is 44.9 Å². The van der Waals surface area contributed by atoms with E-state index >= 15 is 0 Å². The molecule has 0 radical (unpaired) electrons. The maximum absolute atomic E-state index is 12.8. The fraction of sp³-hybridized carbons (Fsp3) is 0.368. The molecule has 2 aliphatic heterocycles. The van der Waals surface area contributed by atoms with Gasteiger partial charge in [0.1, 0.15) is 23.9 Å². The second-order valence-corrected chi connectivity index (χ2v) is 7.67.